The number of rotatable bonds is 5. The molecule has 8 heteroatoms. The van der Waals surface area contributed by atoms with Crippen LogP contribution in [0.25, 0.3) is 0 Å². The van der Waals surface area contributed by atoms with Crippen molar-refractivity contribution in [2.45, 2.75) is 37.4 Å². The summed E-state index contributed by atoms with van der Waals surface area (Å²) in [4.78, 5) is 11.7. The number of carbonyl (C=O) groups is 1. The monoisotopic (exact) mass is 326 g/mol. The second-order valence-electron chi connectivity index (χ2n) is 5.67. The number of hydrogen-bond donors (Lipinski definition) is 2. The fourth-order valence-corrected chi connectivity index (χ4v) is 2.70. The van der Waals surface area contributed by atoms with Crippen LogP contribution in [0.1, 0.15) is 37.6 Å². The molecule has 22 heavy (non-hydrogen) atoms. The van der Waals surface area contributed by atoms with Gasteiger partial charge < -0.3 is 4.52 Å². The van der Waals surface area contributed by atoms with Crippen LogP contribution in [0.5, 0.6) is 0 Å². The molecule has 0 bridgehead atoms. The van der Waals surface area contributed by atoms with Gasteiger partial charge in [0.15, 0.2) is 9.84 Å². The van der Waals surface area contributed by atoms with Gasteiger partial charge in [-0.3, -0.25) is 10.0 Å². The molecule has 1 fully saturated rings. The van der Waals surface area contributed by atoms with E-state index in [4.69, 9.17) is 9.73 Å². The van der Waals surface area contributed by atoms with Gasteiger partial charge in [0.05, 0.1) is 5.69 Å². The first-order valence-electron chi connectivity index (χ1n) is 6.87. The van der Waals surface area contributed by atoms with Crippen LogP contribution in [0.15, 0.2) is 10.6 Å². The summed E-state index contributed by atoms with van der Waals surface area (Å²) in [6.45, 7) is 1.27. The van der Waals surface area contributed by atoms with Gasteiger partial charge in [-0.2, -0.15) is 0 Å². The maximum absolute atomic E-state index is 11.8. The molecule has 0 spiro atoms. The summed E-state index contributed by atoms with van der Waals surface area (Å²) in [5.41, 5.74) is 1.92. The lowest BCUT2D eigenvalue weighted by molar-refractivity contribution is -0.131. The van der Waals surface area contributed by atoms with Gasteiger partial charge in [0.25, 0.3) is 5.91 Å². The van der Waals surface area contributed by atoms with Gasteiger partial charge in [-0.05, 0) is 38.5 Å². The molecule has 1 aromatic rings. The SMILES string of the molecule is CC(CCc1cc(C#CC2CC2)on1)(C(=O)NO)S(C)(=O)=O. The normalized spacial score (nSPS) is 17.2. The molecule has 1 aliphatic carbocycles. The summed E-state index contributed by atoms with van der Waals surface area (Å²) in [5.74, 6) is 5.81. The van der Waals surface area contributed by atoms with Crippen molar-refractivity contribution in [2.75, 3.05) is 6.26 Å². The van der Waals surface area contributed by atoms with E-state index in [0.29, 0.717) is 17.4 Å². The molecule has 1 aromatic heterocycles. The highest BCUT2D eigenvalue weighted by Gasteiger charge is 2.43. The second-order valence-corrected chi connectivity index (χ2v) is 8.12. The number of carbonyl (C=O) groups excluding carboxylic acids is 1. The van der Waals surface area contributed by atoms with Crippen LogP contribution >= 0.6 is 0 Å². The van der Waals surface area contributed by atoms with Crippen molar-refractivity contribution in [1.29, 1.82) is 0 Å². The molecule has 1 heterocycles. The molecule has 120 valence electrons. The Hall–Kier alpha value is -1.85. The molecule has 1 aliphatic rings. The Morgan fingerprint density at radius 3 is 2.82 bits per heavy atom. The third kappa shape index (κ3) is 3.67. The summed E-state index contributed by atoms with van der Waals surface area (Å²) in [5, 5.41) is 12.6. The van der Waals surface area contributed by atoms with Crippen LogP contribution < -0.4 is 5.48 Å². The van der Waals surface area contributed by atoms with E-state index < -0.39 is 20.5 Å². The highest BCUT2D eigenvalue weighted by molar-refractivity contribution is 7.92. The van der Waals surface area contributed by atoms with Gasteiger partial charge in [-0.25, -0.2) is 13.9 Å². The van der Waals surface area contributed by atoms with Crippen molar-refractivity contribution in [2.24, 2.45) is 5.92 Å². The predicted octanol–water partition coefficient (Wildman–Crippen LogP) is 0.677. The Bertz CT molecular complexity index is 724. The number of hydroxylamine groups is 1. The van der Waals surface area contributed by atoms with Crippen molar-refractivity contribution in [3.05, 3.63) is 17.5 Å². The molecule has 7 nitrogen and oxygen atoms in total. The Labute approximate surface area is 128 Å². The molecular formula is C14H18N2O5S. The van der Waals surface area contributed by atoms with Crippen molar-refractivity contribution in [3.63, 3.8) is 0 Å². The fourth-order valence-electron chi connectivity index (χ4n) is 1.84. The van der Waals surface area contributed by atoms with E-state index in [1.54, 1.807) is 6.07 Å². The molecule has 1 amide bonds. The third-order valence-electron chi connectivity index (χ3n) is 3.79. The topological polar surface area (TPSA) is 110 Å². The largest absolute Gasteiger partial charge is 0.347 e. The van der Waals surface area contributed by atoms with Crippen LogP contribution in [-0.4, -0.2) is 35.7 Å². The van der Waals surface area contributed by atoms with Crippen molar-refractivity contribution >= 4 is 15.7 Å². The van der Waals surface area contributed by atoms with Crippen LogP contribution in [0.3, 0.4) is 0 Å². The minimum absolute atomic E-state index is 0.0275. The molecule has 2 N–H and O–H groups in total. The number of nitrogens with one attached hydrogen (secondary N) is 1. The Kier molecular flexibility index (Phi) is 4.58. The maximum Gasteiger partial charge on any atom is 0.264 e. The summed E-state index contributed by atoms with van der Waals surface area (Å²) < 4.78 is 27.0. The van der Waals surface area contributed by atoms with Crippen LogP contribution in [0, 0.1) is 17.8 Å². The van der Waals surface area contributed by atoms with Gasteiger partial charge in [0.1, 0.15) is 4.75 Å². The lowest BCUT2D eigenvalue weighted by Gasteiger charge is -2.24. The maximum atomic E-state index is 11.8. The highest BCUT2D eigenvalue weighted by Crippen LogP contribution is 2.27. The van der Waals surface area contributed by atoms with E-state index in [-0.39, 0.29) is 12.8 Å². The molecule has 2 rings (SSSR count). The zero-order chi connectivity index (χ0) is 16.4. The Morgan fingerprint density at radius 1 is 1.59 bits per heavy atom. The van der Waals surface area contributed by atoms with Gasteiger partial charge in [-0.15, -0.1) is 0 Å². The van der Waals surface area contributed by atoms with E-state index in [1.165, 1.54) is 12.4 Å². The zero-order valence-electron chi connectivity index (χ0n) is 12.4. The highest BCUT2D eigenvalue weighted by atomic mass is 32.2. The minimum atomic E-state index is -3.71. The number of nitrogens with zero attached hydrogens (tertiary/aromatic N) is 1. The summed E-state index contributed by atoms with van der Waals surface area (Å²) in [7, 11) is -3.71. The molecule has 1 saturated carbocycles. The number of aryl methyl sites for hydroxylation is 1. The standard InChI is InChI=1S/C14H18N2O5S/c1-14(13(17)15-18,22(2,19)20)8-7-11-9-12(21-16-11)6-5-10-3-4-10/h9-10,18H,3-4,7-8H2,1-2H3,(H,15,17). The molecule has 1 atom stereocenters. The van der Waals surface area contributed by atoms with Gasteiger partial charge >= 0.3 is 0 Å². The van der Waals surface area contributed by atoms with E-state index in [2.05, 4.69) is 17.0 Å². The third-order valence-corrected chi connectivity index (χ3v) is 5.82. The van der Waals surface area contributed by atoms with Gasteiger partial charge in [-0.1, -0.05) is 11.1 Å². The summed E-state index contributed by atoms with van der Waals surface area (Å²) >= 11 is 0. The molecule has 0 aromatic carbocycles. The molecular weight excluding hydrogens is 308 g/mol. The molecule has 1 unspecified atom stereocenters. The van der Waals surface area contributed by atoms with E-state index in [1.807, 2.05) is 0 Å². The lowest BCUT2D eigenvalue weighted by Crippen LogP contribution is -2.49. The number of amides is 1. The van der Waals surface area contributed by atoms with E-state index in [9.17, 15) is 13.2 Å². The van der Waals surface area contributed by atoms with E-state index in [0.717, 1.165) is 19.1 Å². The quantitative estimate of drug-likeness (QED) is 0.468. The summed E-state index contributed by atoms with van der Waals surface area (Å²) in [6.07, 6.45) is 3.36. The van der Waals surface area contributed by atoms with Crippen molar-refractivity contribution in [1.82, 2.24) is 10.6 Å². The van der Waals surface area contributed by atoms with E-state index >= 15 is 0 Å². The van der Waals surface area contributed by atoms with Crippen molar-refractivity contribution in [3.8, 4) is 11.8 Å². The number of aromatic nitrogens is 1. The molecule has 0 radical (unpaired) electrons. The Balaban J connectivity index is 2.07. The predicted molar refractivity (Wildman–Crippen MR) is 77.6 cm³/mol. The van der Waals surface area contributed by atoms with Gasteiger partial charge in [0, 0.05) is 18.2 Å². The Morgan fingerprint density at radius 2 is 2.27 bits per heavy atom. The zero-order valence-corrected chi connectivity index (χ0v) is 13.2. The van der Waals surface area contributed by atoms with Crippen LogP contribution in [0.2, 0.25) is 0 Å². The smallest absolute Gasteiger partial charge is 0.264 e. The summed E-state index contributed by atoms with van der Waals surface area (Å²) in [6, 6.07) is 1.63. The first-order valence-corrected chi connectivity index (χ1v) is 8.76. The van der Waals surface area contributed by atoms with Gasteiger partial charge in [0.2, 0.25) is 5.76 Å². The van der Waals surface area contributed by atoms with Crippen molar-refractivity contribution < 1.29 is 22.9 Å². The molecule has 0 saturated heterocycles. The molecule has 0 aliphatic heterocycles. The number of sulfone groups is 1. The fraction of sp³-hybridized carbons (Fsp3) is 0.571. The average Bonchev–Trinajstić information content (AvgIpc) is 3.18. The first-order chi connectivity index (χ1) is 10.3. The van der Waals surface area contributed by atoms with Crippen LogP contribution in [0.4, 0.5) is 0 Å². The first kappa shape index (κ1) is 16.5. The minimum Gasteiger partial charge on any atom is -0.347 e. The lowest BCUT2D eigenvalue weighted by atomic mass is 10.0. The number of hydrogen-bond acceptors (Lipinski definition) is 6. The van der Waals surface area contributed by atoms with Crippen LogP contribution in [-0.2, 0) is 21.1 Å². The second kappa shape index (κ2) is 6.10. The average molecular weight is 326 g/mol.